The Morgan fingerprint density at radius 3 is 1.45 bits per heavy atom. The molecule has 0 bridgehead atoms. The number of hydrogen-bond donors (Lipinski definition) is 0. The Hall–Kier alpha value is -0.160. The summed E-state index contributed by atoms with van der Waals surface area (Å²) in [7, 11) is 13.0. The van der Waals surface area contributed by atoms with Gasteiger partial charge in [-0.05, 0) is 74.1 Å². The second-order valence-corrected chi connectivity index (χ2v) is 6.90. The summed E-state index contributed by atoms with van der Waals surface area (Å²) in [6.07, 6.45) is 2.62. The summed E-state index contributed by atoms with van der Waals surface area (Å²) in [6.45, 7) is 9.43. The lowest BCUT2D eigenvalue weighted by Crippen LogP contribution is -2.35. The lowest BCUT2D eigenvalue weighted by Gasteiger charge is -2.24. The Kier molecular flexibility index (Phi) is 11.4. The number of rotatable bonds is 12. The van der Waals surface area contributed by atoms with Gasteiger partial charge in [-0.25, -0.2) is 0 Å². The first-order valence-electron chi connectivity index (χ1n) is 7.97. The second kappa shape index (κ2) is 11.5. The third-order valence-corrected chi connectivity index (χ3v) is 3.87. The van der Waals surface area contributed by atoms with Crippen molar-refractivity contribution in [2.75, 3.05) is 81.6 Å². The third-order valence-electron chi connectivity index (χ3n) is 3.87. The van der Waals surface area contributed by atoms with Crippen LogP contribution in [0.2, 0.25) is 0 Å². The minimum absolute atomic E-state index is 0.825. The standard InChI is InChI=1S/C16H38N4/c1-16(8-10-17(2)3)9-11-19(6)14-15-20(7)13-12-18(4)5/h16H,8-15H2,1-7H3. The molecular formula is C16H38N4. The second-order valence-electron chi connectivity index (χ2n) is 6.90. The molecule has 20 heavy (non-hydrogen) atoms. The maximum Gasteiger partial charge on any atom is 0.0107 e. The van der Waals surface area contributed by atoms with E-state index >= 15 is 0 Å². The van der Waals surface area contributed by atoms with Gasteiger partial charge in [0, 0.05) is 26.2 Å². The minimum atomic E-state index is 0.825. The molecule has 1 atom stereocenters. The molecule has 0 fully saturated rings. The molecular weight excluding hydrogens is 248 g/mol. The van der Waals surface area contributed by atoms with Crippen LogP contribution in [0.1, 0.15) is 19.8 Å². The molecule has 0 rings (SSSR count). The van der Waals surface area contributed by atoms with E-state index in [2.05, 4.69) is 68.8 Å². The van der Waals surface area contributed by atoms with E-state index in [1.807, 2.05) is 0 Å². The van der Waals surface area contributed by atoms with Gasteiger partial charge < -0.3 is 19.6 Å². The maximum atomic E-state index is 2.47. The molecule has 0 aromatic heterocycles. The Bertz CT molecular complexity index is 197. The van der Waals surface area contributed by atoms with Crippen LogP contribution in [0.4, 0.5) is 0 Å². The Morgan fingerprint density at radius 1 is 0.550 bits per heavy atom. The van der Waals surface area contributed by atoms with Gasteiger partial charge in [0.2, 0.25) is 0 Å². The average Bonchev–Trinajstić information content (AvgIpc) is 2.37. The van der Waals surface area contributed by atoms with E-state index in [9.17, 15) is 0 Å². The average molecular weight is 287 g/mol. The monoisotopic (exact) mass is 286 g/mol. The van der Waals surface area contributed by atoms with Crippen molar-refractivity contribution in [1.82, 2.24) is 19.6 Å². The van der Waals surface area contributed by atoms with Crippen molar-refractivity contribution in [3.05, 3.63) is 0 Å². The third kappa shape index (κ3) is 12.9. The van der Waals surface area contributed by atoms with Crippen molar-refractivity contribution in [3.63, 3.8) is 0 Å². The zero-order valence-electron chi connectivity index (χ0n) is 15.0. The number of nitrogens with zero attached hydrogens (tertiary/aromatic N) is 4. The largest absolute Gasteiger partial charge is 0.309 e. The van der Waals surface area contributed by atoms with Gasteiger partial charge in [-0.2, -0.15) is 0 Å². The Morgan fingerprint density at radius 2 is 0.950 bits per heavy atom. The molecule has 0 aliphatic carbocycles. The number of likely N-dealkylation sites (N-methyl/N-ethyl adjacent to an activating group) is 3. The van der Waals surface area contributed by atoms with E-state index < -0.39 is 0 Å². The predicted octanol–water partition coefficient (Wildman–Crippen LogP) is 1.39. The number of hydrogen-bond acceptors (Lipinski definition) is 4. The summed E-state index contributed by atoms with van der Waals surface area (Å²) in [6, 6.07) is 0. The molecule has 0 saturated heterocycles. The van der Waals surface area contributed by atoms with Crippen LogP contribution in [0.25, 0.3) is 0 Å². The van der Waals surface area contributed by atoms with Crippen LogP contribution in [-0.2, 0) is 0 Å². The molecule has 122 valence electrons. The van der Waals surface area contributed by atoms with E-state index in [0.29, 0.717) is 0 Å². The lowest BCUT2D eigenvalue weighted by molar-refractivity contribution is 0.227. The molecule has 0 aromatic carbocycles. The molecule has 0 amide bonds. The Balaban J connectivity index is 3.59. The highest BCUT2D eigenvalue weighted by Gasteiger charge is 2.06. The van der Waals surface area contributed by atoms with Crippen LogP contribution in [0.5, 0.6) is 0 Å². The zero-order chi connectivity index (χ0) is 15.5. The minimum Gasteiger partial charge on any atom is -0.309 e. The highest BCUT2D eigenvalue weighted by Crippen LogP contribution is 2.08. The van der Waals surface area contributed by atoms with E-state index in [0.717, 1.165) is 25.6 Å². The molecule has 0 aromatic rings. The first-order valence-corrected chi connectivity index (χ1v) is 7.97. The molecule has 0 aliphatic rings. The van der Waals surface area contributed by atoms with Gasteiger partial charge in [0.15, 0.2) is 0 Å². The van der Waals surface area contributed by atoms with Crippen LogP contribution in [0, 0.1) is 5.92 Å². The normalized spacial score (nSPS) is 13.9. The van der Waals surface area contributed by atoms with Crippen LogP contribution in [-0.4, -0.2) is 101 Å². The summed E-state index contributed by atoms with van der Waals surface area (Å²) in [5, 5.41) is 0. The molecule has 1 unspecified atom stereocenters. The van der Waals surface area contributed by atoms with Crippen LogP contribution < -0.4 is 0 Å². The quantitative estimate of drug-likeness (QED) is 0.537. The fourth-order valence-electron chi connectivity index (χ4n) is 2.00. The summed E-state index contributed by atoms with van der Waals surface area (Å²) in [5.74, 6) is 0.825. The molecule has 0 spiro atoms. The van der Waals surface area contributed by atoms with Crippen LogP contribution in [0.15, 0.2) is 0 Å². The Labute approximate surface area is 127 Å². The van der Waals surface area contributed by atoms with Gasteiger partial charge in [0.05, 0.1) is 0 Å². The summed E-state index contributed by atoms with van der Waals surface area (Å²) >= 11 is 0. The topological polar surface area (TPSA) is 13.0 Å². The molecule has 0 aliphatic heterocycles. The first-order chi connectivity index (χ1) is 9.31. The lowest BCUT2D eigenvalue weighted by atomic mass is 10.0. The van der Waals surface area contributed by atoms with Gasteiger partial charge in [0.1, 0.15) is 0 Å². The van der Waals surface area contributed by atoms with Crippen LogP contribution in [0.3, 0.4) is 0 Å². The molecule has 0 N–H and O–H groups in total. The molecule has 4 heteroatoms. The van der Waals surface area contributed by atoms with Crippen molar-refractivity contribution in [1.29, 1.82) is 0 Å². The SMILES string of the molecule is CC(CCN(C)C)CCN(C)CCN(C)CCN(C)C. The highest BCUT2D eigenvalue weighted by atomic mass is 15.2. The first kappa shape index (κ1) is 19.8. The molecule has 0 radical (unpaired) electrons. The molecule has 4 nitrogen and oxygen atoms in total. The highest BCUT2D eigenvalue weighted by molar-refractivity contribution is 4.62. The van der Waals surface area contributed by atoms with Crippen molar-refractivity contribution in [3.8, 4) is 0 Å². The van der Waals surface area contributed by atoms with Crippen LogP contribution >= 0.6 is 0 Å². The van der Waals surface area contributed by atoms with Crippen molar-refractivity contribution >= 4 is 0 Å². The molecule has 0 saturated carbocycles. The zero-order valence-corrected chi connectivity index (χ0v) is 15.0. The van der Waals surface area contributed by atoms with Crippen molar-refractivity contribution < 1.29 is 0 Å². The van der Waals surface area contributed by atoms with Crippen molar-refractivity contribution in [2.24, 2.45) is 5.92 Å². The van der Waals surface area contributed by atoms with Gasteiger partial charge in [-0.1, -0.05) is 6.92 Å². The smallest absolute Gasteiger partial charge is 0.0107 e. The van der Waals surface area contributed by atoms with Gasteiger partial charge in [0.25, 0.3) is 0 Å². The van der Waals surface area contributed by atoms with Crippen molar-refractivity contribution in [2.45, 2.75) is 19.8 Å². The van der Waals surface area contributed by atoms with E-state index in [1.54, 1.807) is 0 Å². The summed E-state index contributed by atoms with van der Waals surface area (Å²) in [5.41, 5.74) is 0. The predicted molar refractivity (Wildman–Crippen MR) is 90.5 cm³/mol. The van der Waals surface area contributed by atoms with Gasteiger partial charge >= 0.3 is 0 Å². The summed E-state index contributed by atoms with van der Waals surface area (Å²) < 4.78 is 0. The van der Waals surface area contributed by atoms with E-state index in [-0.39, 0.29) is 0 Å². The maximum absolute atomic E-state index is 2.47. The summed E-state index contributed by atoms with van der Waals surface area (Å²) in [4.78, 5) is 9.41. The van der Waals surface area contributed by atoms with E-state index in [1.165, 1.54) is 32.5 Å². The van der Waals surface area contributed by atoms with Gasteiger partial charge in [-0.15, -0.1) is 0 Å². The van der Waals surface area contributed by atoms with Gasteiger partial charge in [-0.3, -0.25) is 0 Å². The molecule has 0 heterocycles. The fourth-order valence-corrected chi connectivity index (χ4v) is 2.00. The fraction of sp³-hybridized carbons (Fsp3) is 1.00. The van der Waals surface area contributed by atoms with E-state index in [4.69, 9.17) is 0 Å².